The maximum Gasteiger partial charge on any atom is 0.141 e. The molecule has 0 aromatic heterocycles. The largest absolute Gasteiger partial charge is 0.495 e. The number of benzene rings is 2. The fraction of sp³-hybridized carbons (Fsp3) is 0.250. The van der Waals surface area contributed by atoms with Gasteiger partial charge in [-0.15, -0.1) is 0 Å². The van der Waals surface area contributed by atoms with E-state index in [0.717, 1.165) is 31.6 Å². The van der Waals surface area contributed by atoms with Crippen LogP contribution in [-0.2, 0) is 0 Å². The molecule has 0 amide bonds. The van der Waals surface area contributed by atoms with Crippen molar-refractivity contribution in [2.24, 2.45) is 0 Å². The van der Waals surface area contributed by atoms with Gasteiger partial charge in [0.25, 0.3) is 0 Å². The predicted octanol–water partition coefficient (Wildman–Crippen LogP) is 6.02. The Kier molecular flexibility index (Phi) is 5.74. The second-order valence-corrected chi connectivity index (χ2v) is 7.25. The van der Waals surface area contributed by atoms with Crippen molar-refractivity contribution < 1.29 is 9.47 Å². The van der Waals surface area contributed by atoms with Gasteiger partial charge in [-0.3, -0.25) is 0 Å². The Morgan fingerprint density at radius 3 is 2.29 bits per heavy atom. The number of hydrogen-bond acceptors (Lipinski definition) is 2. The smallest absolute Gasteiger partial charge is 0.141 e. The lowest BCUT2D eigenvalue weighted by molar-refractivity contribution is 0.386. The zero-order valence-electron chi connectivity index (χ0n) is 11.9. The summed E-state index contributed by atoms with van der Waals surface area (Å²) in [6.45, 7) is 2.08. The SMILES string of the molecule is COc1ccc(C(Br)c2cc(C)cc(Br)c2)c(OC)c1Br. The van der Waals surface area contributed by atoms with Crippen LogP contribution in [0.2, 0.25) is 0 Å². The summed E-state index contributed by atoms with van der Waals surface area (Å²) in [4.78, 5) is 0.0332. The van der Waals surface area contributed by atoms with Gasteiger partial charge in [-0.2, -0.15) is 0 Å². The van der Waals surface area contributed by atoms with E-state index in [9.17, 15) is 0 Å². The molecule has 21 heavy (non-hydrogen) atoms. The highest BCUT2D eigenvalue weighted by molar-refractivity contribution is 9.11. The first-order valence-corrected chi connectivity index (χ1v) is 8.79. The van der Waals surface area contributed by atoms with Crippen LogP contribution in [0.3, 0.4) is 0 Å². The van der Waals surface area contributed by atoms with Gasteiger partial charge in [0.2, 0.25) is 0 Å². The van der Waals surface area contributed by atoms with E-state index in [1.54, 1.807) is 14.2 Å². The summed E-state index contributed by atoms with van der Waals surface area (Å²) in [5, 5.41) is 0. The molecule has 5 heteroatoms. The summed E-state index contributed by atoms with van der Waals surface area (Å²) in [5.74, 6) is 1.52. The van der Waals surface area contributed by atoms with Crippen LogP contribution in [0.4, 0.5) is 0 Å². The summed E-state index contributed by atoms with van der Waals surface area (Å²) < 4.78 is 12.8. The summed E-state index contributed by atoms with van der Waals surface area (Å²) >= 11 is 10.9. The highest BCUT2D eigenvalue weighted by atomic mass is 79.9. The number of rotatable bonds is 4. The van der Waals surface area contributed by atoms with Crippen LogP contribution >= 0.6 is 47.8 Å². The Hall–Kier alpha value is -0.520. The lowest BCUT2D eigenvalue weighted by Crippen LogP contribution is -2.00. The Labute approximate surface area is 150 Å². The average Bonchev–Trinajstić information content (AvgIpc) is 2.45. The number of halogens is 3. The van der Waals surface area contributed by atoms with E-state index in [4.69, 9.17) is 9.47 Å². The molecule has 0 aliphatic carbocycles. The van der Waals surface area contributed by atoms with Gasteiger partial charge in [0, 0.05) is 10.0 Å². The third-order valence-corrected chi connectivity index (χ3v) is 5.38. The van der Waals surface area contributed by atoms with E-state index in [2.05, 4.69) is 72.9 Å². The molecule has 0 heterocycles. The third-order valence-electron chi connectivity index (χ3n) is 3.15. The first kappa shape index (κ1) is 16.8. The van der Waals surface area contributed by atoms with Crippen molar-refractivity contribution in [3.05, 3.63) is 56.0 Å². The van der Waals surface area contributed by atoms with Crippen LogP contribution in [-0.4, -0.2) is 14.2 Å². The van der Waals surface area contributed by atoms with E-state index in [0.29, 0.717) is 0 Å². The highest BCUT2D eigenvalue weighted by Crippen LogP contribution is 2.44. The first-order valence-electron chi connectivity index (χ1n) is 6.29. The van der Waals surface area contributed by atoms with Gasteiger partial charge in [0.15, 0.2) is 0 Å². The molecule has 0 radical (unpaired) electrons. The van der Waals surface area contributed by atoms with Crippen LogP contribution < -0.4 is 9.47 Å². The van der Waals surface area contributed by atoms with Crippen LogP contribution in [0.5, 0.6) is 11.5 Å². The van der Waals surface area contributed by atoms with Gasteiger partial charge in [-0.25, -0.2) is 0 Å². The molecule has 0 fully saturated rings. The summed E-state index contributed by atoms with van der Waals surface area (Å²) in [7, 11) is 3.30. The molecular formula is C16H15Br3O2. The molecule has 0 aliphatic rings. The van der Waals surface area contributed by atoms with Crippen molar-refractivity contribution in [1.29, 1.82) is 0 Å². The van der Waals surface area contributed by atoms with Crippen molar-refractivity contribution in [2.75, 3.05) is 14.2 Å². The normalized spacial score (nSPS) is 12.1. The minimum atomic E-state index is 0.0332. The molecule has 2 nitrogen and oxygen atoms in total. The monoisotopic (exact) mass is 476 g/mol. The van der Waals surface area contributed by atoms with Crippen molar-refractivity contribution in [2.45, 2.75) is 11.8 Å². The van der Waals surface area contributed by atoms with Gasteiger partial charge in [0.05, 0.1) is 19.0 Å². The third kappa shape index (κ3) is 3.63. The first-order chi connectivity index (χ1) is 9.97. The molecule has 0 N–H and O–H groups in total. The minimum Gasteiger partial charge on any atom is -0.495 e. The summed E-state index contributed by atoms with van der Waals surface area (Å²) in [5.41, 5.74) is 3.41. The van der Waals surface area contributed by atoms with Gasteiger partial charge < -0.3 is 9.47 Å². The number of alkyl halides is 1. The van der Waals surface area contributed by atoms with E-state index < -0.39 is 0 Å². The van der Waals surface area contributed by atoms with Crippen molar-refractivity contribution in [1.82, 2.24) is 0 Å². The number of ether oxygens (including phenoxy) is 2. The summed E-state index contributed by atoms with van der Waals surface area (Å²) in [6.07, 6.45) is 0. The average molecular weight is 479 g/mol. The molecule has 0 saturated carbocycles. The van der Waals surface area contributed by atoms with Crippen LogP contribution in [0, 0.1) is 6.92 Å². The van der Waals surface area contributed by atoms with Gasteiger partial charge in [0.1, 0.15) is 16.0 Å². The Morgan fingerprint density at radius 1 is 1.00 bits per heavy atom. The molecule has 0 spiro atoms. The Morgan fingerprint density at radius 2 is 1.71 bits per heavy atom. The fourth-order valence-electron chi connectivity index (χ4n) is 2.21. The molecule has 2 aromatic carbocycles. The van der Waals surface area contributed by atoms with Crippen molar-refractivity contribution in [3.8, 4) is 11.5 Å². The lowest BCUT2D eigenvalue weighted by Gasteiger charge is -2.18. The Balaban J connectivity index is 2.52. The lowest BCUT2D eigenvalue weighted by atomic mass is 10.0. The number of methoxy groups -OCH3 is 2. The van der Waals surface area contributed by atoms with Crippen molar-refractivity contribution in [3.63, 3.8) is 0 Å². The molecule has 2 aromatic rings. The molecule has 0 aliphatic heterocycles. The molecular weight excluding hydrogens is 464 g/mol. The minimum absolute atomic E-state index is 0.0332. The second-order valence-electron chi connectivity index (χ2n) is 4.63. The summed E-state index contributed by atoms with van der Waals surface area (Å²) in [6, 6.07) is 10.3. The maximum absolute atomic E-state index is 5.55. The molecule has 2 rings (SSSR count). The van der Waals surface area contributed by atoms with E-state index in [1.165, 1.54) is 5.56 Å². The number of hydrogen-bond donors (Lipinski definition) is 0. The topological polar surface area (TPSA) is 18.5 Å². The van der Waals surface area contributed by atoms with Crippen LogP contribution in [0.1, 0.15) is 21.5 Å². The van der Waals surface area contributed by atoms with Crippen LogP contribution in [0.25, 0.3) is 0 Å². The maximum atomic E-state index is 5.55. The molecule has 0 saturated heterocycles. The fourth-order valence-corrected chi connectivity index (χ4v) is 4.14. The van der Waals surface area contributed by atoms with E-state index in [1.807, 2.05) is 12.1 Å². The zero-order valence-corrected chi connectivity index (χ0v) is 16.7. The second kappa shape index (κ2) is 7.16. The van der Waals surface area contributed by atoms with Gasteiger partial charge in [-0.1, -0.05) is 44.0 Å². The van der Waals surface area contributed by atoms with Crippen LogP contribution in [0.15, 0.2) is 39.3 Å². The number of aryl methyl sites for hydroxylation is 1. The standard InChI is InChI=1S/C16H15Br3O2/c1-9-6-10(8-11(17)7-9)14(18)12-4-5-13(20-2)15(19)16(12)21-3/h4-8,14H,1-3H3. The highest BCUT2D eigenvalue weighted by Gasteiger charge is 2.20. The quantitative estimate of drug-likeness (QED) is 0.500. The van der Waals surface area contributed by atoms with Gasteiger partial charge >= 0.3 is 0 Å². The Bertz CT molecular complexity index is 636. The molecule has 1 atom stereocenters. The van der Waals surface area contributed by atoms with E-state index in [-0.39, 0.29) is 4.83 Å². The van der Waals surface area contributed by atoms with Gasteiger partial charge in [-0.05, 0) is 52.2 Å². The van der Waals surface area contributed by atoms with E-state index >= 15 is 0 Å². The van der Waals surface area contributed by atoms with Crippen molar-refractivity contribution >= 4 is 47.8 Å². The molecule has 112 valence electrons. The molecule has 0 bridgehead atoms. The zero-order chi connectivity index (χ0) is 15.6. The predicted molar refractivity (Wildman–Crippen MR) is 96.9 cm³/mol. The molecule has 1 unspecified atom stereocenters.